The summed E-state index contributed by atoms with van der Waals surface area (Å²) in [5.41, 5.74) is 0. The SMILES string of the molecule is CCOC1CCCN(CC(CO)NC)C1. The largest absolute Gasteiger partial charge is 0.395 e. The summed E-state index contributed by atoms with van der Waals surface area (Å²) >= 11 is 0. The maximum atomic E-state index is 9.11. The van der Waals surface area contributed by atoms with E-state index in [0.717, 1.165) is 26.2 Å². The summed E-state index contributed by atoms with van der Waals surface area (Å²) < 4.78 is 5.64. The van der Waals surface area contributed by atoms with Crippen LogP contribution in [0, 0.1) is 0 Å². The number of nitrogens with zero attached hydrogens (tertiary/aromatic N) is 1. The number of piperidine rings is 1. The van der Waals surface area contributed by atoms with Crippen LogP contribution in [0.1, 0.15) is 19.8 Å². The van der Waals surface area contributed by atoms with Gasteiger partial charge in [0, 0.05) is 25.7 Å². The third-order valence-corrected chi connectivity index (χ3v) is 2.97. The predicted octanol–water partition coefficient (Wildman–Crippen LogP) is 0.0676. The summed E-state index contributed by atoms with van der Waals surface area (Å²) in [6, 6.07) is 0.186. The summed E-state index contributed by atoms with van der Waals surface area (Å²) in [6.45, 7) is 6.09. The topological polar surface area (TPSA) is 44.7 Å². The lowest BCUT2D eigenvalue weighted by Crippen LogP contribution is -2.47. The van der Waals surface area contributed by atoms with Gasteiger partial charge in [0.1, 0.15) is 0 Å². The van der Waals surface area contributed by atoms with Gasteiger partial charge in [0.2, 0.25) is 0 Å². The molecule has 90 valence electrons. The Morgan fingerprint density at radius 1 is 1.60 bits per heavy atom. The molecule has 1 aliphatic rings. The molecule has 0 amide bonds. The average molecular weight is 216 g/mol. The normalized spacial score (nSPS) is 25.4. The molecule has 4 nitrogen and oxygen atoms in total. The van der Waals surface area contributed by atoms with E-state index in [9.17, 15) is 0 Å². The second-order valence-corrected chi connectivity index (χ2v) is 4.15. The van der Waals surface area contributed by atoms with Gasteiger partial charge in [-0.25, -0.2) is 0 Å². The van der Waals surface area contributed by atoms with E-state index in [0.29, 0.717) is 6.10 Å². The average Bonchev–Trinajstić information content (AvgIpc) is 2.27. The van der Waals surface area contributed by atoms with Crippen molar-refractivity contribution in [1.29, 1.82) is 0 Å². The van der Waals surface area contributed by atoms with Crippen molar-refractivity contribution in [1.82, 2.24) is 10.2 Å². The minimum Gasteiger partial charge on any atom is -0.395 e. The summed E-state index contributed by atoms with van der Waals surface area (Å²) in [5.74, 6) is 0. The number of nitrogens with one attached hydrogen (secondary N) is 1. The Labute approximate surface area is 92.6 Å². The van der Waals surface area contributed by atoms with Crippen LogP contribution in [-0.4, -0.2) is 62.0 Å². The van der Waals surface area contributed by atoms with Crippen LogP contribution in [0.25, 0.3) is 0 Å². The number of ether oxygens (including phenoxy) is 1. The van der Waals surface area contributed by atoms with Crippen LogP contribution in [0.15, 0.2) is 0 Å². The molecule has 0 radical (unpaired) electrons. The molecule has 0 saturated carbocycles. The highest BCUT2D eigenvalue weighted by molar-refractivity contribution is 4.77. The molecule has 15 heavy (non-hydrogen) atoms. The molecule has 0 spiro atoms. The van der Waals surface area contributed by atoms with Crippen molar-refractivity contribution < 1.29 is 9.84 Å². The fourth-order valence-corrected chi connectivity index (χ4v) is 2.10. The zero-order chi connectivity index (χ0) is 11.1. The van der Waals surface area contributed by atoms with Crippen molar-refractivity contribution in [3.63, 3.8) is 0 Å². The Bertz CT molecular complexity index is 161. The molecule has 1 fully saturated rings. The molecular formula is C11H24N2O2. The van der Waals surface area contributed by atoms with E-state index < -0.39 is 0 Å². The minimum absolute atomic E-state index is 0.186. The zero-order valence-electron chi connectivity index (χ0n) is 9.91. The maximum absolute atomic E-state index is 9.11. The van der Waals surface area contributed by atoms with Crippen LogP contribution < -0.4 is 5.32 Å². The van der Waals surface area contributed by atoms with Gasteiger partial charge in [0.05, 0.1) is 12.7 Å². The molecular weight excluding hydrogens is 192 g/mol. The van der Waals surface area contributed by atoms with Crippen molar-refractivity contribution in [3.05, 3.63) is 0 Å². The van der Waals surface area contributed by atoms with Crippen LogP contribution in [0.2, 0.25) is 0 Å². The van der Waals surface area contributed by atoms with Crippen LogP contribution in [0.5, 0.6) is 0 Å². The smallest absolute Gasteiger partial charge is 0.0702 e. The molecule has 1 saturated heterocycles. The third kappa shape index (κ3) is 4.47. The molecule has 2 unspecified atom stereocenters. The second kappa shape index (κ2) is 7.17. The summed E-state index contributed by atoms with van der Waals surface area (Å²) in [4.78, 5) is 2.38. The first-order chi connectivity index (χ1) is 7.30. The van der Waals surface area contributed by atoms with Gasteiger partial charge in [-0.1, -0.05) is 0 Å². The molecule has 0 aromatic rings. The minimum atomic E-state index is 0.186. The van der Waals surface area contributed by atoms with Gasteiger partial charge in [-0.15, -0.1) is 0 Å². The fourth-order valence-electron chi connectivity index (χ4n) is 2.10. The Kier molecular flexibility index (Phi) is 6.17. The van der Waals surface area contributed by atoms with Gasteiger partial charge in [-0.05, 0) is 33.4 Å². The quantitative estimate of drug-likeness (QED) is 0.659. The van der Waals surface area contributed by atoms with E-state index in [1.54, 1.807) is 0 Å². The van der Waals surface area contributed by atoms with Crippen molar-refractivity contribution in [2.45, 2.75) is 31.9 Å². The molecule has 0 aliphatic carbocycles. The maximum Gasteiger partial charge on any atom is 0.0702 e. The van der Waals surface area contributed by atoms with Crippen molar-refractivity contribution >= 4 is 0 Å². The van der Waals surface area contributed by atoms with Crippen LogP contribution in [0.4, 0.5) is 0 Å². The fraction of sp³-hybridized carbons (Fsp3) is 1.00. The number of hydrogen-bond donors (Lipinski definition) is 2. The first-order valence-electron chi connectivity index (χ1n) is 5.92. The summed E-state index contributed by atoms with van der Waals surface area (Å²) in [6.07, 6.45) is 2.76. The molecule has 1 aliphatic heterocycles. The first-order valence-corrected chi connectivity index (χ1v) is 5.92. The Hall–Kier alpha value is -0.160. The number of likely N-dealkylation sites (tertiary alicyclic amines) is 1. The van der Waals surface area contributed by atoms with Gasteiger partial charge < -0.3 is 15.2 Å². The van der Waals surface area contributed by atoms with E-state index in [4.69, 9.17) is 9.84 Å². The molecule has 0 aromatic heterocycles. The van der Waals surface area contributed by atoms with E-state index in [1.807, 2.05) is 14.0 Å². The number of rotatable bonds is 6. The first kappa shape index (κ1) is 12.9. The van der Waals surface area contributed by atoms with Gasteiger partial charge in [-0.3, -0.25) is 4.90 Å². The number of hydrogen-bond acceptors (Lipinski definition) is 4. The molecule has 0 bridgehead atoms. The second-order valence-electron chi connectivity index (χ2n) is 4.15. The Balaban J connectivity index is 2.28. The third-order valence-electron chi connectivity index (χ3n) is 2.97. The summed E-state index contributed by atoms with van der Waals surface area (Å²) in [5, 5.41) is 12.2. The molecule has 2 atom stereocenters. The van der Waals surface area contributed by atoms with Crippen LogP contribution in [0.3, 0.4) is 0 Å². The van der Waals surface area contributed by atoms with Crippen LogP contribution >= 0.6 is 0 Å². The molecule has 1 rings (SSSR count). The van der Waals surface area contributed by atoms with Crippen LogP contribution in [-0.2, 0) is 4.74 Å². The molecule has 2 N–H and O–H groups in total. The van der Waals surface area contributed by atoms with Gasteiger partial charge in [0.25, 0.3) is 0 Å². The predicted molar refractivity (Wildman–Crippen MR) is 61.0 cm³/mol. The standard InChI is InChI=1S/C11H24N2O2/c1-3-15-11-5-4-6-13(8-11)7-10(9-14)12-2/h10-12,14H,3-9H2,1-2H3. The lowest BCUT2D eigenvalue weighted by atomic mass is 10.1. The highest BCUT2D eigenvalue weighted by atomic mass is 16.5. The lowest BCUT2D eigenvalue weighted by molar-refractivity contribution is 0.00200. The summed E-state index contributed by atoms with van der Waals surface area (Å²) in [7, 11) is 1.89. The van der Waals surface area contributed by atoms with E-state index in [-0.39, 0.29) is 12.6 Å². The lowest BCUT2D eigenvalue weighted by Gasteiger charge is -2.34. The highest BCUT2D eigenvalue weighted by Gasteiger charge is 2.21. The number of aliphatic hydroxyl groups excluding tert-OH is 1. The van der Waals surface area contributed by atoms with Gasteiger partial charge in [-0.2, -0.15) is 0 Å². The van der Waals surface area contributed by atoms with E-state index in [1.165, 1.54) is 12.8 Å². The van der Waals surface area contributed by atoms with Gasteiger partial charge >= 0.3 is 0 Å². The number of aliphatic hydroxyl groups is 1. The van der Waals surface area contributed by atoms with Gasteiger partial charge in [0.15, 0.2) is 0 Å². The number of likely N-dealkylation sites (N-methyl/N-ethyl adjacent to an activating group) is 1. The monoisotopic (exact) mass is 216 g/mol. The van der Waals surface area contributed by atoms with Crippen molar-refractivity contribution in [3.8, 4) is 0 Å². The van der Waals surface area contributed by atoms with E-state index in [2.05, 4.69) is 10.2 Å². The zero-order valence-corrected chi connectivity index (χ0v) is 9.91. The molecule has 4 heteroatoms. The highest BCUT2D eigenvalue weighted by Crippen LogP contribution is 2.13. The van der Waals surface area contributed by atoms with E-state index >= 15 is 0 Å². The molecule has 1 heterocycles. The Morgan fingerprint density at radius 3 is 3.00 bits per heavy atom. The van der Waals surface area contributed by atoms with Crippen molar-refractivity contribution in [2.24, 2.45) is 0 Å². The molecule has 0 aromatic carbocycles. The Morgan fingerprint density at radius 2 is 2.40 bits per heavy atom. The van der Waals surface area contributed by atoms with Crippen molar-refractivity contribution in [2.75, 3.05) is 39.9 Å².